The molecule has 0 aromatic heterocycles. The summed E-state index contributed by atoms with van der Waals surface area (Å²) in [5.41, 5.74) is 0.670. The number of ketones is 1. The Bertz CT molecular complexity index is 1320. The van der Waals surface area contributed by atoms with E-state index in [1.165, 1.54) is 5.01 Å². The van der Waals surface area contributed by atoms with Gasteiger partial charge in [-0.15, -0.1) is 0 Å². The third kappa shape index (κ3) is 7.39. The van der Waals surface area contributed by atoms with Gasteiger partial charge in [0.2, 0.25) is 11.8 Å². The van der Waals surface area contributed by atoms with Crippen molar-refractivity contribution in [2.45, 2.75) is 64.1 Å². The van der Waals surface area contributed by atoms with Crippen LogP contribution in [0.15, 0.2) is 60.7 Å². The second-order valence-electron chi connectivity index (χ2n) is 10.9. The van der Waals surface area contributed by atoms with Crippen molar-refractivity contribution in [3.63, 3.8) is 0 Å². The summed E-state index contributed by atoms with van der Waals surface area (Å²) in [5, 5.41) is 7.91. The molecule has 222 valence electrons. The van der Waals surface area contributed by atoms with Crippen molar-refractivity contribution >= 4 is 35.4 Å². The number of nitrogens with zero attached hydrogens (tertiary/aromatic N) is 2. The van der Waals surface area contributed by atoms with E-state index in [1.54, 1.807) is 60.7 Å². The van der Waals surface area contributed by atoms with Crippen molar-refractivity contribution in [3.8, 4) is 0 Å². The molecule has 4 rings (SSSR count). The molecule has 0 saturated carbocycles. The number of amides is 4. The average molecular weight is 577 g/mol. The maximum atomic E-state index is 13.7. The molecule has 0 radical (unpaired) electrons. The number of hydrogen-bond donors (Lipinski definition) is 2. The molecular weight excluding hydrogens is 540 g/mol. The summed E-state index contributed by atoms with van der Waals surface area (Å²) in [6, 6.07) is 13.6. The minimum absolute atomic E-state index is 0.0194. The summed E-state index contributed by atoms with van der Waals surface area (Å²) < 4.78 is 5.20. The van der Waals surface area contributed by atoms with Crippen molar-refractivity contribution in [1.29, 1.82) is 0 Å². The molecule has 2 aromatic rings. The lowest BCUT2D eigenvalue weighted by molar-refractivity contribution is -0.176. The Kier molecular flexibility index (Phi) is 10.1. The van der Waals surface area contributed by atoms with Gasteiger partial charge >= 0.3 is 5.97 Å². The van der Waals surface area contributed by atoms with Gasteiger partial charge in [0.1, 0.15) is 12.1 Å². The first-order chi connectivity index (χ1) is 20.2. The van der Waals surface area contributed by atoms with Crippen LogP contribution < -0.4 is 10.6 Å². The first kappa shape index (κ1) is 30.4. The van der Waals surface area contributed by atoms with E-state index in [1.807, 2.05) is 13.8 Å². The number of esters is 1. The number of nitrogens with one attached hydrogen (secondary N) is 2. The van der Waals surface area contributed by atoms with Gasteiger partial charge in [0.05, 0.1) is 11.6 Å². The van der Waals surface area contributed by atoms with Crippen LogP contribution in [-0.2, 0) is 23.9 Å². The number of rotatable bonds is 10. The van der Waals surface area contributed by atoms with Gasteiger partial charge in [0.15, 0.2) is 12.4 Å². The van der Waals surface area contributed by atoms with Crippen LogP contribution in [-0.4, -0.2) is 76.7 Å². The molecule has 2 saturated heterocycles. The van der Waals surface area contributed by atoms with Crippen LogP contribution in [0.25, 0.3) is 0 Å². The lowest BCUT2D eigenvalue weighted by Gasteiger charge is -2.43. The van der Waals surface area contributed by atoms with Crippen molar-refractivity contribution in [2.75, 3.05) is 13.2 Å². The third-order valence-corrected chi connectivity index (χ3v) is 7.27. The first-order valence-corrected chi connectivity index (χ1v) is 14.2. The summed E-state index contributed by atoms with van der Waals surface area (Å²) in [5.74, 6) is -3.05. The zero-order chi connectivity index (χ0) is 30.2. The van der Waals surface area contributed by atoms with Crippen LogP contribution in [0.5, 0.6) is 0 Å². The van der Waals surface area contributed by atoms with Crippen molar-refractivity contribution in [3.05, 3.63) is 71.8 Å². The Hall–Kier alpha value is -4.54. The molecule has 0 bridgehead atoms. The number of hydrazine groups is 1. The molecule has 1 unspecified atom stereocenters. The van der Waals surface area contributed by atoms with Gasteiger partial charge in [-0.2, -0.15) is 0 Å². The molecule has 0 spiro atoms. The highest BCUT2D eigenvalue weighted by Gasteiger charge is 2.45. The van der Waals surface area contributed by atoms with Gasteiger partial charge < -0.3 is 15.4 Å². The molecule has 11 heteroatoms. The number of carbonyl (C=O) groups is 6. The molecule has 11 nitrogen and oxygen atoms in total. The maximum Gasteiger partial charge on any atom is 0.338 e. The van der Waals surface area contributed by atoms with E-state index in [-0.39, 0.29) is 44.1 Å². The standard InChI is InChI=1S/C31H36N4O7/c1-20(2)18-24(26(36)19-42-31(41)22-12-7-4-8-13-22)33-29(39)25-14-9-17-34-27(37)16-15-23(30(40)35(25)34)32-28(38)21-10-5-3-6-11-21/h3-8,10-13,20,23-25H,9,14-19H2,1-2H3,(H,32,38)(H,33,39)/t23-,24?,25-/m0/s1. The maximum absolute atomic E-state index is 13.7. The van der Waals surface area contributed by atoms with Crippen LogP contribution >= 0.6 is 0 Å². The zero-order valence-electron chi connectivity index (χ0n) is 23.8. The Morgan fingerprint density at radius 3 is 2.21 bits per heavy atom. The van der Waals surface area contributed by atoms with E-state index < -0.39 is 54.2 Å². The highest BCUT2D eigenvalue weighted by molar-refractivity contribution is 6.00. The summed E-state index contributed by atoms with van der Waals surface area (Å²) in [7, 11) is 0. The van der Waals surface area contributed by atoms with Gasteiger partial charge in [-0.05, 0) is 55.9 Å². The van der Waals surface area contributed by atoms with Crippen LogP contribution in [0.1, 0.15) is 66.7 Å². The fourth-order valence-corrected chi connectivity index (χ4v) is 5.14. The minimum Gasteiger partial charge on any atom is -0.454 e. The predicted molar refractivity (Wildman–Crippen MR) is 152 cm³/mol. The fourth-order valence-electron chi connectivity index (χ4n) is 5.14. The number of fused-ring (bicyclic) bond motifs is 1. The molecular formula is C31H36N4O7. The molecule has 2 aliphatic heterocycles. The molecule has 2 N–H and O–H groups in total. The highest BCUT2D eigenvalue weighted by Crippen LogP contribution is 2.25. The lowest BCUT2D eigenvalue weighted by Crippen LogP contribution is -2.64. The Balaban J connectivity index is 1.48. The largest absolute Gasteiger partial charge is 0.454 e. The molecule has 2 heterocycles. The van der Waals surface area contributed by atoms with Gasteiger partial charge in [-0.1, -0.05) is 50.2 Å². The minimum atomic E-state index is -1.06. The van der Waals surface area contributed by atoms with Gasteiger partial charge in [0.25, 0.3) is 11.8 Å². The number of Topliss-reactive ketones (excluding diaryl/α,β-unsaturated/α-hetero) is 1. The highest BCUT2D eigenvalue weighted by atomic mass is 16.5. The lowest BCUT2D eigenvalue weighted by atomic mass is 9.99. The van der Waals surface area contributed by atoms with E-state index in [0.717, 1.165) is 5.01 Å². The Labute approximate surface area is 244 Å². The Morgan fingerprint density at radius 1 is 0.929 bits per heavy atom. The van der Waals surface area contributed by atoms with Crippen molar-refractivity contribution in [1.82, 2.24) is 20.7 Å². The molecule has 2 aromatic carbocycles. The smallest absolute Gasteiger partial charge is 0.338 e. The number of ether oxygens (including phenoxy) is 1. The third-order valence-electron chi connectivity index (χ3n) is 7.27. The molecule has 2 aliphatic rings. The van der Waals surface area contributed by atoms with E-state index in [0.29, 0.717) is 17.5 Å². The number of hydrogen-bond acceptors (Lipinski definition) is 7. The molecule has 3 atom stereocenters. The van der Waals surface area contributed by atoms with Crippen LogP contribution in [0, 0.1) is 5.92 Å². The number of benzene rings is 2. The van der Waals surface area contributed by atoms with Gasteiger partial charge in [-0.3, -0.25) is 29.0 Å². The molecule has 42 heavy (non-hydrogen) atoms. The van der Waals surface area contributed by atoms with E-state index >= 15 is 0 Å². The average Bonchev–Trinajstić information content (AvgIpc) is 3.12. The Morgan fingerprint density at radius 2 is 1.57 bits per heavy atom. The van der Waals surface area contributed by atoms with Gasteiger partial charge in [-0.25, -0.2) is 9.80 Å². The first-order valence-electron chi connectivity index (χ1n) is 14.2. The SMILES string of the molecule is CC(C)CC(NC(=O)[C@@H]1CCCN2C(=O)CC[C@H](NC(=O)c3ccccc3)C(=O)N12)C(=O)COC(=O)c1ccccc1. The van der Waals surface area contributed by atoms with Crippen LogP contribution in [0.2, 0.25) is 0 Å². The summed E-state index contributed by atoms with van der Waals surface area (Å²) in [6.45, 7) is 3.51. The predicted octanol–water partition coefficient (Wildman–Crippen LogP) is 2.27. The van der Waals surface area contributed by atoms with Crippen molar-refractivity contribution < 1.29 is 33.5 Å². The molecule has 0 aliphatic carbocycles. The van der Waals surface area contributed by atoms with Crippen LogP contribution in [0.3, 0.4) is 0 Å². The molecule has 2 fully saturated rings. The monoisotopic (exact) mass is 576 g/mol. The summed E-state index contributed by atoms with van der Waals surface area (Å²) in [4.78, 5) is 78.6. The second-order valence-corrected chi connectivity index (χ2v) is 10.9. The van der Waals surface area contributed by atoms with E-state index in [2.05, 4.69) is 10.6 Å². The second kappa shape index (κ2) is 13.9. The topological polar surface area (TPSA) is 142 Å². The normalized spacial score (nSPS) is 19.4. The summed E-state index contributed by atoms with van der Waals surface area (Å²) >= 11 is 0. The van der Waals surface area contributed by atoms with Crippen molar-refractivity contribution in [2.24, 2.45) is 5.92 Å². The van der Waals surface area contributed by atoms with Crippen LogP contribution in [0.4, 0.5) is 0 Å². The van der Waals surface area contributed by atoms with Gasteiger partial charge in [0, 0.05) is 18.5 Å². The molecule has 4 amide bonds. The fraction of sp³-hybridized carbons (Fsp3) is 0.419. The number of carbonyl (C=O) groups excluding carboxylic acids is 6. The zero-order valence-corrected chi connectivity index (χ0v) is 23.8. The van der Waals surface area contributed by atoms with E-state index in [9.17, 15) is 28.8 Å². The quantitative estimate of drug-likeness (QED) is 0.413. The van der Waals surface area contributed by atoms with E-state index in [4.69, 9.17) is 4.74 Å². The summed E-state index contributed by atoms with van der Waals surface area (Å²) in [6.07, 6.45) is 1.15.